The molecule has 2 aromatic rings. The van der Waals surface area contributed by atoms with Crippen molar-refractivity contribution in [2.24, 2.45) is 11.7 Å². The molecule has 8 heteroatoms. The van der Waals surface area contributed by atoms with E-state index in [1.807, 2.05) is 24.3 Å². The van der Waals surface area contributed by atoms with Crippen molar-refractivity contribution in [3.05, 3.63) is 42.0 Å². The second-order valence-corrected chi connectivity index (χ2v) is 7.31. The third kappa shape index (κ3) is 4.94. The molecule has 1 aliphatic rings. The van der Waals surface area contributed by atoms with Gasteiger partial charge in [-0.3, -0.25) is 9.59 Å². The highest BCUT2D eigenvalue weighted by Crippen LogP contribution is 2.38. The first-order chi connectivity index (χ1) is 14.4. The minimum atomic E-state index is -0.632. The van der Waals surface area contributed by atoms with Gasteiger partial charge in [-0.25, -0.2) is 0 Å². The molecule has 1 unspecified atom stereocenters. The van der Waals surface area contributed by atoms with Gasteiger partial charge in [-0.05, 0) is 48.7 Å². The van der Waals surface area contributed by atoms with Gasteiger partial charge in [0.1, 0.15) is 0 Å². The Labute approximate surface area is 175 Å². The van der Waals surface area contributed by atoms with Crippen LogP contribution in [0.1, 0.15) is 23.7 Å². The van der Waals surface area contributed by atoms with Crippen molar-refractivity contribution in [3.8, 4) is 17.2 Å². The van der Waals surface area contributed by atoms with Gasteiger partial charge < -0.3 is 30.2 Å². The number of nitrogens with one attached hydrogen (secondary N) is 1. The van der Waals surface area contributed by atoms with Gasteiger partial charge in [-0.1, -0.05) is 6.92 Å². The fourth-order valence-electron chi connectivity index (χ4n) is 3.42. The van der Waals surface area contributed by atoms with E-state index in [0.29, 0.717) is 17.2 Å². The fourth-order valence-corrected chi connectivity index (χ4v) is 3.42. The Kier molecular flexibility index (Phi) is 6.66. The highest BCUT2D eigenvalue weighted by atomic mass is 16.5. The number of rotatable bonds is 8. The summed E-state index contributed by atoms with van der Waals surface area (Å²) in [5.41, 5.74) is 7.29. The van der Waals surface area contributed by atoms with Crippen molar-refractivity contribution in [2.75, 3.05) is 44.1 Å². The number of ether oxygens (including phenoxy) is 3. The van der Waals surface area contributed by atoms with Crippen LogP contribution in [-0.4, -0.2) is 45.7 Å². The van der Waals surface area contributed by atoms with E-state index in [1.54, 1.807) is 0 Å². The van der Waals surface area contributed by atoms with Crippen LogP contribution in [0.25, 0.3) is 0 Å². The second-order valence-electron chi connectivity index (χ2n) is 7.31. The lowest BCUT2D eigenvalue weighted by molar-refractivity contribution is -0.120. The van der Waals surface area contributed by atoms with Crippen LogP contribution in [0.4, 0.5) is 11.4 Å². The number of methoxy groups -OCH3 is 2. The highest BCUT2D eigenvalue weighted by molar-refractivity contribution is 6.05. The molecule has 1 fully saturated rings. The fraction of sp³-hybridized carbons (Fsp3) is 0.364. The minimum absolute atomic E-state index is 0.208. The Bertz CT molecular complexity index is 888. The van der Waals surface area contributed by atoms with E-state index in [4.69, 9.17) is 19.9 Å². The molecule has 8 nitrogen and oxygen atoms in total. The molecule has 3 rings (SSSR count). The van der Waals surface area contributed by atoms with E-state index in [0.717, 1.165) is 18.8 Å². The summed E-state index contributed by atoms with van der Waals surface area (Å²) in [5, 5.41) is 2.87. The lowest BCUT2D eigenvalue weighted by atomic mass is 10.1. The molecular weight excluding hydrogens is 386 g/mol. The molecule has 2 amide bonds. The van der Waals surface area contributed by atoms with Gasteiger partial charge in [0, 0.05) is 30.0 Å². The van der Waals surface area contributed by atoms with E-state index in [1.165, 1.54) is 32.8 Å². The third-order valence-electron chi connectivity index (χ3n) is 5.00. The summed E-state index contributed by atoms with van der Waals surface area (Å²) in [7, 11) is 2.87. The van der Waals surface area contributed by atoms with Gasteiger partial charge in [-0.2, -0.15) is 0 Å². The lowest BCUT2D eigenvalue weighted by Gasteiger charge is -2.18. The van der Waals surface area contributed by atoms with Gasteiger partial charge in [0.15, 0.2) is 18.1 Å². The van der Waals surface area contributed by atoms with Crippen LogP contribution < -0.4 is 30.2 Å². The number of benzene rings is 2. The van der Waals surface area contributed by atoms with E-state index < -0.39 is 5.91 Å². The zero-order valence-electron chi connectivity index (χ0n) is 17.4. The van der Waals surface area contributed by atoms with Crippen molar-refractivity contribution < 1.29 is 23.8 Å². The van der Waals surface area contributed by atoms with E-state index in [2.05, 4.69) is 17.1 Å². The number of hydrogen-bond donors (Lipinski definition) is 2. The molecule has 0 saturated carbocycles. The van der Waals surface area contributed by atoms with Crippen molar-refractivity contribution in [1.82, 2.24) is 0 Å². The van der Waals surface area contributed by atoms with Gasteiger partial charge in [0.25, 0.3) is 11.8 Å². The molecule has 0 spiro atoms. The molecule has 0 radical (unpaired) electrons. The summed E-state index contributed by atoms with van der Waals surface area (Å²) in [5.74, 6) is 0.477. The normalized spacial score (nSPS) is 15.6. The summed E-state index contributed by atoms with van der Waals surface area (Å²) in [6.45, 7) is 4.02. The molecule has 1 atom stereocenters. The van der Waals surface area contributed by atoms with E-state index >= 15 is 0 Å². The van der Waals surface area contributed by atoms with Crippen LogP contribution in [0.15, 0.2) is 36.4 Å². The maximum atomic E-state index is 12.8. The van der Waals surface area contributed by atoms with Crippen LogP contribution in [0, 0.1) is 5.92 Å². The first-order valence-corrected chi connectivity index (χ1v) is 9.74. The van der Waals surface area contributed by atoms with Crippen molar-refractivity contribution in [3.63, 3.8) is 0 Å². The number of anilines is 2. The summed E-state index contributed by atoms with van der Waals surface area (Å²) in [6, 6.07) is 10.8. The van der Waals surface area contributed by atoms with Gasteiger partial charge in [0.2, 0.25) is 5.75 Å². The Hall–Kier alpha value is -3.42. The van der Waals surface area contributed by atoms with Gasteiger partial charge in [0.05, 0.1) is 14.2 Å². The summed E-state index contributed by atoms with van der Waals surface area (Å²) < 4.78 is 16.0. The Morgan fingerprint density at radius 3 is 2.27 bits per heavy atom. The number of nitrogens with two attached hydrogens (primary N) is 1. The Morgan fingerprint density at radius 2 is 1.77 bits per heavy atom. The standard InChI is InChI=1S/C22H27N3O5/c1-14-8-9-25(12-14)17-6-4-16(5-7-17)24-22(27)15-10-18(28-2)21(19(11-15)29-3)30-13-20(23)26/h4-7,10-11,14H,8-9,12-13H2,1-3H3,(H2,23,26)(H,24,27). The minimum Gasteiger partial charge on any atom is -0.493 e. The zero-order valence-corrected chi connectivity index (χ0v) is 17.4. The largest absolute Gasteiger partial charge is 0.493 e. The Balaban J connectivity index is 1.75. The van der Waals surface area contributed by atoms with Gasteiger partial charge >= 0.3 is 0 Å². The smallest absolute Gasteiger partial charge is 0.255 e. The van der Waals surface area contributed by atoms with E-state index in [9.17, 15) is 9.59 Å². The zero-order chi connectivity index (χ0) is 21.7. The van der Waals surface area contributed by atoms with E-state index in [-0.39, 0.29) is 29.8 Å². The number of carbonyl (C=O) groups is 2. The molecule has 0 aromatic heterocycles. The molecule has 3 N–H and O–H groups in total. The van der Waals surface area contributed by atoms with Crippen molar-refractivity contribution in [1.29, 1.82) is 0 Å². The topological polar surface area (TPSA) is 103 Å². The number of hydrogen-bond acceptors (Lipinski definition) is 6. The molecule has 0 bridgehead atoms. The summed E-state index contributed by atoms with van der Waals surface area (Å²) >= 11 is 0. The number of primary amides is 1. The maximum absolute atomic E-state index is 12.8. The number of nitrogens with zero attached hydrogens (tertiary/aromatic N) is 1. The molecule has 30 heavy (non-hydrogen) atoms. The molecule has 160 valence electrons. The van der Waals surface area contributed by atoms with Crippen LogP contribution in [-0.2, 0) is 4.79 Å². The number of carbonyl (C=O) groups excluding carboxylic acids is 2. The first-order valence-electron chi connectivity index (χ1n) is 9.74. The van der Waals surface area contributed by atoms with Gasteiger partial charge in [-0.15, -0.1) is 0 Å². The molecule has 1 heterocycles. The monoisotopic (exact) mass is 413 g/mol. The SMILES string of the molecule is COc1cc(C(=O)Nc2ccc(N3CCC(C)C3)cc2)cc(OC)c1OCC(N)=O. The molecule has 0 aliphatic carbocycles. The third-order valence-corrected chi connectivity index (χ3v) is 5.00. The second kappa shape index (κ2) is 9.39. The van der Waals surface area contributed by atoms with Crippen LogP contribution >= 0.6 is 0 Å². The number of amides is 2. The van der Waals surface area contributed by atoms with Crippen molar-refractivity contribution >= 4 is 23.2 Å². The molecular formula is C22H27N3O5. The predicted molar refractivity (Wildman–Crippen MR) is 115 cm³/mol. The average molecular weight is 413 g/mol. The summed E-state index contributed by atoms with van der Waals surface area (Å²) in [6.07, 6.45) is 1.20. The van der Waals surface area contributed by atoms with Crippen LogP contribution in [0.3, 0.4) is 0 Å². The first kappa shape index (κ1) is 21.3. The predicted octanol–water partition coefficient (Wildman–Crippen LogP) is 2.67. The maximum Gasteiger partial charge on any atom is 0.255 e. The van der Waals surface area contributed by atoms with Crippen LogP contribution in [0.2, 0.25) is 0 Å². The summed E-state index contributed by atoms with van der Waals surface area (Å²) in [4.78, 5) is 26.1. The van der Waals surface area contributed by atoms with Crippen molar-refractivity contribution in [2.45, 2.75) is 13.3 Å². The highest BCUT2D eigenvalue weighted by Gasteiger charge is 2.20. The average Bonchev–Trinajstić information content (AvgIpc) is 3.18. The lowest BCUT2D eigenvalue weighted by Crippen LogP contribution is -2.20. The Morgan fingerprint density at radius 1 is 1.13 bits per heavy atom. The quantitative estimate of drug-likeness (QED) is 0.690. The molecule has 2 aromatic carbocycles. The molecule has 1 saturated heterocycles. The molecule has 1 aliphatic heterocycles. The van der Waals surface area contributed by atoms with Crippen LogP contribution in [0.5, 0.6) is 17.2 Å².